The van der Waals surface area contributed by atoms with Gasteiger partial charge in [0.05, 0.1) is 0 Å². The van der Waals surface area contributed by atoms with E-state index in [1.807, 2.05) is 0 Å². The zero-order valence-electron chi connectivity index (χ0n) is 6.26. The Hall–Kier alpha value is -0.730. The van der Waals surface area contributed by atoms with Gasteiger partial charge in [-0.2, -0.15) is 0 Å². The monoisotopic (exact) mass is 141 g/mol. The molecule has 0 saturated heterocycles. The number of hydrogen-bond acceptors (Lipinski definition) is 1. The Labute approximate surface area is 61.2 Å². The van der Waals surface area contributed by atoms with Gasteiger partial charge in [0, 0.05) is 13.1 Å². The minimum absolute atomic E-state index is 0.174. The number of carbonyl (C=O) groups is 1. The normalized spacial score (nSPS) is 18.9. The number of rotatable bonds is 1. The van der Waals surface area contributed by atoms with Crippen LogP contribution in [0.2, 0.25) is 0 Å². The molecule has 3 heteroatoms. The average molecular weight is 141 g/mol. The Morgan fingerprint density at radius 3 is 2.60 bits per heavy atom. The number of amides is 2. The van der Waals surface area contributed by atoms with Crippen LogP contribution in [0.5, 0.6) is 0 Å². The van der Waals surface area contributed by atoms with Crippen molar-refractivity contribution in [2.75, 3.05) is 7.05 Å². The molecule has 2 amide bonds. The molecule has 1 N–H and O–H groups in total. The number of urea groups is 1. The Bertz CT molecular complexity index is 119. The Balaban J connectivity index is 2.17. The SMILES string of the molecule is C[N]C(=O)NC1CCCC1. The van der Waals surface area contributed by atoms with Crippen LogP contribution in [0.1, 0.15) is 25.7 Å². The second kappa shape index (κ2) is 3.44. The third-order valence-corrected chi connectivity index (χ3v) is 1.89. The molecular formula is C7H13N2O. The summed E-state index contributed by atoms with van der Waals surface area (Å²) in [4.78, 5) is 10.7. The lowest BCUT2D eigenvalue weighted by molar-refractivity contribution is 0.238. The van der Waals surface area contributed by atoms with E-state index in [1.165, 1.54) is 19.9 Å². The summed E-state index contributed by atoms with van der Waals surface area (Å²) in [5.74, 6) is 0. The molecule has 57 valence electrons. The highest BCUT2D eigenvalue weighted by molar-refractivity contribution is 5.73. The predicted molar refractivity (Wildman–Crippen MR) is 38.8 cm³/mol. The van der Waals surface area contributed by atoms with Crippen LogP contribution in [0.4, 0.5) is 4.79 Å². The van der Waals surface area contributed by atoms with Gasteiger partial charge in [-0.15, -0.1) is 0 Å². The molecular weight excluding hydrogens is 128 g/mol. The third kappa shape index (κ3) is 1.90. The number of hydrogen-bond donors (Lipinski definition) is 1. The highest BCUT2D eigenvalue weighted by atomic mass is 16.2. The van der Waals surface area contributed by atoms with Gasteiger partial charge in [-0.05, 0) is 12.8 Å². The Kier molecular flexibility index (Phi) is 2.54. The number of carbonyl (C=O) groups excluding carboxylic acids is 1. The van der Waals surface area contributed by atoms with E-state index < -0.39 is 0 Å². The largest absolute Gasteiger partial charge is 0.336 e. The van der Waals surface area contributed by atoms with E-state index >= 15 is 0 Å². The average Bonchev–Trinajstić information content (AvgIpc) is 2.40. The highest BCUT2D eigenvalue weighted by Gasteiger charge is 2.16. The summed E-state index contributed by atoms with van der Waals surface area (Å²) in [6.45, 7) is 0. The molecule has 0 unspecified atom stereocenters. The van der Waals surface area contributed by atoms with Gasteiger partial charge in [0.1, 0.15) is 0 Å². The predicted octanol–water partition coefficient (Wildman–Crippen LogP) is 0.873. The van der Waals surface area contributed by atoms with Crippen molar-refractivity contribution in [1.82, 2.24) is 10.6 Å². The molecule has 0 aromatic carbocycles. The Morgan fingerprint density at radius 1 is 1.50 bits per heavy atom. The second-order valence-electron chi connectivity index (χ2n) is 2.65. The molecule has 0 aromatic rings. The molecule has 0 aromatic heterocycles. The van der Waals surface area contributed by atoms with E-state index in [9.17, 15) is 4.79 Å². The van der Waals surface area contributed by atoms with E-state index in [2.05, 4.69) is 10.6 Å². The van der Waals surface area contributed by atoms with Gasteiger partial charge >= 0.3 is 6.03 Å². The van der Waals surface area contributed by atoms with Crippen LogP contribution < -0.4 is 10.6 Å². The topological polar surface area (TPSA) is 43.2 Å². The molecule has 1 fully saturated rings. The zero-order valence-corrected chi connectivity index (χ0v) is 6.26. The van der Waals surface area contributed by atoms with Gasteiger partial charge in [0.2, 0.25) is 0 Å². The molecule has 0 heterocycles. The van der Waals surface area contributed by atoms with Crippen LogP contribution >= 0.6 is 0 Å². The summed E-state index contributed by atoms with van der Waals surface area (Å²) in [5.41, 5.74) is 0. The van der Waals surface area contributed by atoms with Crippen LogP contribution in [-0.4, -0.2) is 19.1 Å². The molecule has 1 rings (SSSR count). The first-order valence-electron chi connectivity index (χ1n) is 3.73. The summed E-state index contributed by atoms with van der Waals surface area (Å²) >= 11 is 0. The van der Waals surface area contributed by atoms with Crippen molar-refractivity contribution >= 4 is 6.03 Å². The maximum Gasteiger partial charge on any atom is 0.336 e. The van der Waals surface area contributed by atoms with Crippen molar-refractivity contribution in [3.63, 3.8) is 0 Å². The summed E-state index contributed by atoms with van der Waals surface area (Å²) < 4.78 is 0. The minimum atomic E-state index is -0.174. The number of nitrogens with one attached hydrogen (secondary N) is 1. The van der Waals surface area contributed by atoms with E-state index in [-0.39, 0.29) is 6.03 Å². The summed E-state index contributed by atoms with van der Waals surface area (Å²) in [5, 5.41) is 6.32. The van der Waals surface area contributed by atoms with Gasteiger partial charge in [0.15, 0.2) is 0 Å². The van der Waals surface area contributed by atoms with Crippen LogP contribution in [0.15, 0.2) is 0 Å². The number of nitrogens with zero attached hydrogens (tertiary/aromatic N) is 1. The van der Waals surface area contributed by atoms with Crippen molar-refractivity contribution < 1.29 is 4.79 Å². The first kappa shape index (κ1) is 7.38. The highest BCUT2D eigenvalue weighted by Crippen LogP contribution is 2.17. The van der Waals surface area contributed by atoms with Crippen molar-refractivity contribution in [1.29, 1.82) is 0 Å². The van der Waals surface area contributed by atoms with Crippen molar-refractivity contribution in [2.45, 2.75) is 31.7 Å². The zero-order chi connectivity index (χ0) is 7.40. The molecule has 1 aliphatic carbocycles. The molecule has 3 nitrogen and oxygen atoms in total. The molecule has 1 saturated carbocycles. The summed E-state index contributed by atoms with van der Waals surface area (Å²) in [6, 6.07) is 0.225. The van der Waals surface area contributed by atoms with Gasteiger partial charge < -0.3 is 5.32 Å². The van der Waals surface area contributed by atoms with Crippen molar-refractivity contribution in [2.24, 2.45) is 0 Å². The maximum absolute atomic E-state index is 10.7. The fraction of sp³-hybridized carbons (Fsp3) is 0.857. The first-order valence-corrected chi connectivity index (χ1v) is 3.73. The van der Waals surface area contributed by atoms with Crippen LogP contribution in [-0.2, 0) is 0 Å². The third-order valence-electron chi connectivity index (χ3n) is 1.89. The van der Waals surface area contributed by atoms with Crippen LogP contribution in [0, 0.1) is 0 Å². The molecule has 0 bridgehead atoms. The quantitative estimate of drug-likeness (QED) is 0.578. The fourth-order valence-electron chi connectivity index (χ4n) is 1.31. The lowest BCUT2D eigenvalue weighted by Crippen LogP contribution is -2.35. The molecule has 10 heavy (non-hydrogen) atoms. The minimum Gasteiger partial charge on any atom is -0.334 e. The fourth-order valence-corrected chi connectivity index (χ4v) is 1.31. The molecule has 0 aliphatic heterocycles. The maximum atomic E-state index is 10.7. The van der Waals surface area contributed by atoms with Crippen LogP contribution in [0.3, 0.4) is 0 Å². The van der Waals surface area contributed by atoms with Gasteiger partial charge in [-0.25, -0.2) is 10.1 Å². The van der Waals surface area contributed by atoms with Crippen molar-refractivity contribution in [3.05, 3.63) is 0 Å². The van der Waals surface area contributed by atoms with Crippen LogP contribution in [0.25, 0.3) is 0 Å². The van der Waals surface area contributed by atoms with E-state index in [0.717, 1.165) is 12.8 Å². The van der Waals surface area contributed by atoms with Crippen molar-refractivity contribution in [3.8, 4) is 0 Å². The summed E-state index contributed by atoms with van der Waals surface area (Å²) in [6.07, 6.45) is 4.74. The Morgan fingerprint density at radius 2 is 2.10 bits per heavy atom. The van der Waals surface area contributed by atoms with E-state index in [4.69, 9.17) is 0 Å². The smallest absolute Gasteiger partial charge is 0.334 e. The molecule has 1 radical (unpaired) electrons. The molecule has 1 aliphatic rings. The second-order valence-corrected chi connectivity index (χ2v) is 2.65. The molecule has 0 atom stereocenters. The van der Waals surface area contributed by atoms with E-state index in [1.54, 1.807) is 0 Å². The lowest BCUT2D eigenvalue weighted by atomic mass is 10.3. The standard InChI is InChI=1S/C7H13N2O/c1-8-7(10)9-6-4-2-3-5-6/h6H,2-5H2,1H3,(H,9,10). The van der Waals surface area contributed by atoms with Gasteiger partial charge in [-0.3, -0.25) is 0 Å². The first-order chi connectivity index (χ1) is 4.83. The van der Waals surface area contributed by atoms with Gasteiger partial charge in [0.25, 0.3) is 0 Å². The molecule has 0 spiro atoms. The van der Waals surface area contributed by atoms with E-state index in [0.29, 0.717) is 6.04 Å². The summed E-state index contributed by atoms with van der Waals surface area (Å²) in [7, 11) is 1.52. The lowest BCUT2D eigenvalue weighted by Gasteiger charge is -2.08. The van der Waals surface area contributed by atoms with Gasteiger partial charge in [-0.1, -0.05) is 12.8 Å².